The molecule has 1 aliphatic heterocycles. The molecule has 0 spiro atoms. The quantitative estimate of drug-likeness (QED) is 0.828. The Morgan fingerprint density at radius 3 is 2.88 bits per heavy atom. The molecule has 1 aromatic carbocycles. The van der Waals surface area contributed by atoms with Crippen molar-refractivity contribution in [1.82, 2.24) is 5.48 Å². The fourth-order valence-corrected chi connectivity index (χ4v) is 3.87. The smallest absolute Gasteiger partial charge is 0.0790 e. The molecule has 0 amide bonds. The lowest BCUT2D eigenvalue weighted by Gasteiger charge is -2.14. The first-order valence-electron chi connectivity index (χ1n) is 6.55. The highest BCUT2D eigenvalue weighted by atomic mass is 32.2. The first kappa shape index (κ1) is 11.6. The van der Waals surface area contributed by atoms with E-state index in [1.54, 1.807) is 0 Å². The van der Waals surface area contributed by atoms with Gasteiger partial charge in [-0.05, 0) is 30.9 Å². The molecule has 1 aliphatic carbocycles. The standard InChI is InChI=1S/C14H19NOS/c1-4-8-14-11(5-1)9-13(17-14)10-15-16-12-6-2-3-7-12/h1,4-5,8,12-13,15H,2-3,6-7,9-10H2. The molecule has 1 unspecified atom stereocenters. The molecule has 1 heterocycles. The van der Waals surface area contributed by atoms with Crippen LogP contribution in [0, 0.1) is 0 Å². The lowest BCUT2D eigenvalue weighted by atomic mass is 10.1. The second-order valence-corrected chi connectivity index (χ2v) is 6.27. The minimum absolute atomic E-state index is 0.462. The topological polar surface area (TPSA) is 21.3 Å². The number of hydroxylamine groups is 1. The normalized spacial score (nSPS) is 24.1. The summed E-state index contributed by atoms with van der Waals surface area (Å²) >= 11 is 1.98. The zero-order valence-corrected chi connectivity index (χ0v) is 10.8. The van der Waals surface area contributed by atoms with Crippen LogP contribution in [0.2, 0.25) is 0 Å². The van der Waals surface area contributed by atoms with Gasteiger partial charge in [-0.15, -0.1) is 11.8 Å². The van der Waals surface area contributed by atoms with Gasteiger partial charge in [-0.25, -0.2) is 5.48 Å². The molecule has 3 heteroatoms. The molecule has 1 atom stereocenters. The van der Waals surface area contributed by atoms with Crippen molar-refractivity contribution < 1.29 is 4.84 Å². The van der Waals surface area contributed by atoms with Crippen LogP contribution >= 0.6 is 11.8 Å². The molecule has 1 N–H and O–H groups in total. The van der Waals surface area contributed by atoms with Gasteiger partial charge in [0.05, 0.1) is 6.10 Å². The van der Waals surface area contributed by atoms with Crippen molar-refractivity contribution in [3.63, 3.8) is 0 Å². The Hall–Kier alpha value is -0.510. The summed E-state index contributed by atoms with van der Waals surface area (Å²) in [4.78, 5) is 7.14. The van der Waals surface area contributed by atoms with Crippen molar-refractivity contribution in [2.45, 2.75) is 48.4 Å². The first-order chi connectivity index (χ1) is 8.42. The largest absolute Gasteiger partial charge is 0.298 e. The predicted molar refractivity (Wildman–Crippen MR) is 71.1 cm³/mol. The predicted octanol–water partition coefficient (Wildman–Crippen LogP) is 3.17. The monoisotopic (exact) mass is 249 g/mol. The van der Waals surface area contributed by atoms with Crippen molar-refractivity contribution >= 4 is 11.8 Å². The minimum atomic E-state index is 0.462. The van der Waals surface area contributed by atoms with Crippen LogP contribution in [-0.2, 0) is 11.3 Å². The van der Waals surface area contributed by atoms with Crippen LogP contribution in [-0.4, -0.2) is 17.9 Å². The molecule has 1 aromatic rings. The van der Waals surface area contributed by atoms with Gasteiger partial charge in [-0.2, -0.15) is 0 Å². The second kappa shape index (κ2) is 5.42. The number of thioether (sulfide) groups is 1. The molecular formula is C14H19NOS. The molecule has 17 heavy (non-hydrogen) atoms. The molecule has 92 valence electrons. The van der Waals surface area contributed by atoms with Gasteiger partial charge in [0.2, 0.25) is 0 Å². The molecule has 0 aromatic heterocycles. The highest BCUT2D eigenvalue weighted by Gasteiger charge is 2.22. The Morgan fingerprint density at radius 1 is 1.24 bits per heavy atom. The average Bonchev–Trinajstić information content (AvgIpc) is 2.96. The fourth-order valence-electron chi connectivity index (χ4n) is 2.63. The van der Waals surface area contributed by atoms with Gasteiger partial charge in [-0.1, -0.05) is 31.0 Å². The van der Waals surface area contributed by atoms with Gasteiger partial charge in [-0.3, -0.25) is 4.84 Å². The third-order valence-electron chi connectivity index (χ3n) is 3.58. The molecule has 2 nitrogen and oxygen atoms in total. The Morgan fingerprint density at radius 2 is 2.06 bits per heavy atom. The lowest BCUT2D eigenvalue weighted by Crippen LogP contribution is -2.28. The third kappa shape index (κ3) is 2.84. The van der Waals surface area contributed by atoms with E-state index in [0.717, 1.165) is 6.54 Å². The first-order valence-corrected chi connectivity index (χ1v) is 7.43. The van der Waals surface area contributed by atoms with Crippen LogP contribution in [0.3, 0.4) is 0 Å². The van der Waals surface area contributed by atoms with Gasteiger partial charge in [0.25, 0.3) is 0 Å². The van der Waals surface area contributed by atoms with E-state index in [9.17, 15) is 0 Å². The SMILES string of the molecule is c1ccc2c(c1)CC(CNOC1CCCC1)S2. The Kier molecular flexibility index (Phi) is 3.69. The molecule has 0 bridgehead atoms. The summed E-state index contributed by atoms with van der Waals surface area (Å²) in [5, 5.41) is 0.633. The molecule has 3 rings (SSSR count). The second-order valence-electron chi connectivity index (χ2n) is 4.92. The summed E-state index contributed by atoms with van der Waals surface area (Å²) < 4.78 is 0. The van der Waals surface area contributed by atoms with E-state index in [1.807, 2.05) is 11.8 Å². The Labute approximate surface area is 107 Å². The number of hydrogen-bond acceptors (Lipinski definition) is 3. The van der Waals surface area contributed by atoms with Crippen molar-refractivity contribution in [2.24, 2.45) is 0 Å². The summed E-state index contributed by atoms with van der Waals surface area (Å²) in [7, 11) is 0. The van der Waals surface area contributed by atoms with E-state index < -0.39 is 0 Å². The van der Waals surface area contributed by atoms with E-state index in [1.165, 1.54) is 42.6 Å². The van der Waals surface area contributed by atoms with Crippen molar-refractivity contribution in [1.29, 1.82) is 0 Å². The number of nitrogens with one attached hydrogen (secondary N) is 1. The fraction of sp³-hybridized carbons (Fsp3) is 0.571. The van der Waals surface area contributed by atoms with Crippen LogP contribution in [0.1, 0.15) is 31.2 Å². The zero-order valence-electron chi connectivity index (χ0n) is 10.0. The third-order valence-corrected chi connectivity index (χ3v) is 4.90. The molecule has 1 saturated carbocycles. The molecule has 2 aliphatic rings. The summed E-state index contributed by atoms with van der Waals surface area (Å²) in [5.74, 6) is 0. The number of hydrogen-bond donors (Lipinski definition) is 1. The number of fused-ring (bicyclic) bond motifs is 1. The zero-order chi connectivity index (χ0) is 11.5. The van der Waals surface area contributed by atoms with Gasteiger partial charge >= 0.3 is 0 Å². The van der Waals surface area contributed by atoms with Crippen LogP contribution in [0.4, 0.5) is 0 Å². The summed E-state index contributed by atoms with van der Waals surface area (Å²) in [6.45, 7) is 0.954. The van der Waals surface area contributed by atoms with E-state index in [-0.39, 0.29) is 0 Å². The molecule has 0 saturated heterocycles. The van der Waals surface area contributed by atoms with Gasteiger partial charge in [0.1, 0.15) is 0 Å². The highest BCUT2D eigenvalue weighted by Crippen LogP contribution is 2.36. The van der Waals surface area contributed by atoms with E-state index in [2.05, 4.69) is 29.7 Å². The molecule has 0 radical (unpaired) electrons. The van der Waals surface area contributed by atoms with Crippen molar-refractivity contribution in [3.05, 3.63) is 29.8 Å². The van der Waals surface area contributed by atoms with E-state index >= 15 is 0 Å². The van der Waals surface area contributed by atoms with Crippen LogP contribution in [0.15, 0.2) is 29.2 Å². The van der Waals surface area contributed by atoms with Gasteiger partial charge < -0.3 is 0 Å². The highest BCUT2D eigenvalue weighted by molar-refractivity contribution is 8.00. The Bertz CT molecular complexity index is 351. The summed E-state index contributed by atoms with van der Waals surface area (Å²) in [5.41, 5.74) is 4.67. The summed E-state index contributed by atoms with van der Waals surface area (Å²) in [6.07, 6.45) is 6.74. The van der Waals surface area contributed by atoms with Crippen molar-refractivity contribution in [2.75, 3.05) is 6.54 Å². The Balaban J connectivity index is 1.43. The maximum absolute atomic E-state index is 5.70. The maximum atomic E-state index is 5.70. The van der Waals surface area contributed by atoms with Gasteiger partial charge in [0.15, 0.2) is 0 Å². The van der Waals surface area contributed by atoms with Gasteiger partial charge in [0, 0.05) is 16.7 Å². The van der Waals surface area contributed by atoms with Crippen LogP contribution in [0.5, 0.6) is 0 Å². The van der Waals surface area contributed by atoms with E-state index in [4.69, 9.17) is 4.84 Å². The minimum Gasteiger partial charge on any atom is -0.298 e. The van der Waals surface area contributed by atoms with Crippen molar-refractivity contribution in [3.8, 4) is 0 Å². The van der Waals surface area contributed by atoms with E-state index in [0.29, 0.717) is 11.4 Å². The van der Waals surface area contributed by atoms with Crippen LogP contribution < -0.4 is 5.48 Å². The molecule has 1 fully saturated rings. The summed E-state index contributed by atoms with van der Waals surface area (Å²) in [6, 6.07) is 8.71. The lowest BCUT2D eigenvalue weighted by molar-refractivity contribution is -0.0199. The number of benzene rings is 1. The maximum Gasteiger partial charge on any atom is 0.0790 e. The molecular weight excluding hydrogens is 230 g/mol. The number of rotatable bonds is 4. The average molecular weight is 249 g/mol. The van der Waals surface area contributed by atoms with Crippen LogP contribution in [0.25, 0.3) is 0 Å².